The second-order valence-electron chi connectivity index (χ2n) is 4.64. The van der Waals surface area contributed by atoms with E-state index in [-0.39, 0.29) is 16.9 Å². The van der Waals surface area contributed by atoms with Crippen molar-refractivity contribution in [2.24, 2.45) is 10.2 Å². The Labute approximate surface area is 131 Å². The van der Waals surface area contributed by atoms with Crippen molar-refractivity contribution in [2.45, 2.75) is 5.25 Å². The van der Waals surface area contributed by atoms with E-state index in [0.717, 1.165) is 11.1 Å². The summed E-state index contributed by atoms with van der Waals surface area (Å²) in [6.07, 6.45) is 1.56. The minimum Gasteiger partial charge on any atom is -0.508 e. The molecule has 0 aliphatic carbocycles. The molecule has 1 heterocycles. The molecule has 0 radical (unpaired) electrons. The Morgan fingerprint density at radius 1 is 1.09 bits per heavy atom. The highest BCUT2D eigenvalue weighted by atomic mass is 32.2. The van der Waals surface area contributed by atoms with Crippen LogP contribution in [0.1, 0.15) is 16.4 Å². The molecular weight excluding hydrogens is 298 g/mol. The Balaban J connectivity index is 1.69. The number of amidine groups is 1. The zero-order valence-corrected chi connectivity index (χ0v) is 12.3. The summed E-state index contributed by atoms with van der Waals surface area (Å²) in [6, 6.07) is 16.2. The van der Waals surface area contributed by atoms with E-state index in [4.69, 9.17) is 0 Å². The average Bonchev–Trinajstić information content (AvgIpc) is 2.91. The van der Waals surface area contributed by atoms with E-state index in [1.54, 1.807) is 30.5 Å². The standard InChI is InChI=1S/C16H13N3O2S/c20-13-8-6-11(7-9-13)10-17-19-16-18-15(21)14(22-16)12-4-2-1-3-5-12/h1-10,14,20H,(H,18,19,21). The minimum absolute atomic E-state index is 0.0882. The van der Waals surface area contributed by atoms with Gasteiger partial charge in [-0.2, -0.15) is 5.10 Å². The van der Waals surface area contributed by atoms with Gasteiger partial charge in [-0.05, 0) is 35.4 Å². The summed E-state index contributed by atoms with van der Waals surface area (Å²) in [5.74, 6) is 0.113. The van der Waals surface area contributed by atoms with Crippen LogP contribution in [-0.4, -0.2) is 22.4 Å². The number of hydrogen-bond donors (Lipinski definition) is 2. The smallest absolute Gasteiger partial charge is 0.244 e. The van der Waals surface area contributed by atoms with Crippen molar-refractivity contribution in [1.82, 2.24) is 5.32 Å². The quantitative estimate of drug-likeness (QED) is 0.676. The molecule has 3 rings (SSSR count). The van der Waals surface area contributed by atoms with Gasteiger partial charge in [0, 0.05) is 0 Å². The van der Waals surface area contributed by atoms with Gasteiger partial charge in [-0.1, -0.05) is 42.1 Å². The molecule has 5 nitrogen and oxygen atoms in total. The zero-order valence-electron chi connectivity index (χ0n) is 11.5. The molecule has 1 unspecified atom stereocenters. The Morgan fingerprint density at radius 2 is 1.82 bits per heavy atom. The SMILES string of the molecule is O=C1N/C(=N/N=Cc2ccc(O)cc2)SC1c1ccccc1. The number of nitrogens with zero attached hydrogens (tertiary/aromatic N) is 2. The third-order valence-electron chi connectivity index (χ3n) is 3.05. The maximum absolute atomic E-state index is 12.0. The summed E-state index contributed by atoms with van der Waals surface area (Å²) < 4.78 is 0. The number of rotatable bonds is 3. The number of aromatic hydroxyl groups is 1. The third-order valence-corrected chi connectivity index (χ3v) is 4.18. The number of hydrogen-bond acceptors (Lipinski definition) is 5. The highest BCUT2D eigenvalue weighted by molar-refractivity contribution is 8.15. The van der Waals surface area contributed by atoms with Crippen molar-refractivity contribution >= 4 is 29.1 Å². The van der Waals surface area contributed by atoms with E-state index < -0.39 is 0 Å². The molecule has 22 heavy (non-hydrogen) atoms. The molecule has 1 fully saturated rings. The highest BCUT2D eigenvalue weighted by Crippen LogP contribution is 2.34. The molecule has 1 amide bonds. The van der Waals surface area contributed by atoms with Crippen LogP contribution in [0.2, 0.25) is 0 Å². The summed E-state index contributed by atoms with van der Waals surface area (Å²) in [5, 5.41) is 20.1. The van der Waals surface area contributed by atoms with Crippen LogP contribution in [0.25, 0.3) is 0 Å². The van der Waals surface area contributed by atoms with Crippen molar-refractivity contribution in [3.05, 3.63) is 65.7 Å². The molecule has 1 atom stereocenters. The number of phenols is 1. The van der Waals surface area contributed by atoms with Gasteiger partial charge in [0.15, 0.2) is 5.17 Å². The lowest BCUT2D eigenvalue weighted by molar-refractivity contribution is -0.118. The van der Waals surface area contributed by atoms with Crippen LogP contribution in [0.5, 0.6) is 5.75 Å². The monoisotopic (exact) mass is 311 g/mol. The van der Waals surface area contributed by atoms with Gasteiger partial charge in [0.2, 0.25) is 5.91 Å². The Kier molecular flexibility index (Phi) is 4.20. The molecule has 2 aromatic carbocycles. The Bertz CT molecular complexity index is 727. The van der Waals surface area contributed by atoms with E-state index in [1.165, 1.54) is 11.8 Å². The van der Waals surface area contributed by atoms with E-state index in [2.05, 4.69) is 15.5 Å². The molecule has 0 saturated carbocycles. The van der Waals surface area contributed by atoms with Crippen LogP contribution in [-0.2, 0) is 4.79 Å². The molecule has 1 aliphatic heterocycles. The van der Waals surface area contributed by atoms with Gasteiger partial charge in [-0.3, -0.25) is 4.79 Å². The number of benzene rings is 2. The van der Waals surface area contributed by atoms with Gasteiger partial charge in [0.05, 0.1) is 6.21 Å². The van der Waals surface area contributed by atoms with Crippen LogP contribution in [0.15, 0.2) is 64.8 Å². The van der Waals surface area contributed by atoms with Crippen molar-refractivity contribution in [3.8, 4) is 5.75 Å². The first kappa shape index (κ1) is 14.3. The first-order chi connectivity index (χ1) is 10.7. The fourth-order valence-corrected chi connectivity index (χ4v) is 2.91. The first-order valence-electron chi connectivity index (χ1n) is 6.65. The summed E-state index contributed by atoms with van der Waals surface area (Å²) in [5.41, 5.74) is 1.76. The third kappa shape index (κ3) is 3.35. The second-order valence-corrected chi connectivity index (χ2v) is 5.73. The highest BCUT2D eigenvalue weighted by Gasteiger charge is 2.31. The zero-order chi connectivity index (χ0) is 15.4. The number of phenolic OH excluding ortho intramolecular Hbond substituents is 1. The van der Waals surface area contributed by atoms with Crippen molar-refractivity contribution in [3.63, 3.8) is 0 Å². The van der Waals surface area contributed by atoms with Gasteiger partial charge >= 0.3 is 0 Å². The van der Waals surface area contributed by atoms with Crippen LogP contribution in [0, 0.1) is 0 Å². The van der Waals surface area contributed by atoms with Crippen LogP contribution in [0.3, 0.4) is 0 Å². The predicted molar refractivity (Wildman–Crippen MR) is 88.1 cm³/mol. The normalized spacial score (nSPS) is 19.7. The first-order valence-corrected chi connectivity index (χ1v) is 7.53. The Morgan fingerprint density at radius 3 is 2.55 bits per heavy atom. The lowest BCUT2D eigenvalue weighted by atomic mass is 10.1. The fourth-order valence-electron chi connectivity index (χ4n) is 1.97. The number of carbonyl (C=O) groups is 1. The van der Waals surface area contributed by atoms with Gasteiger partial charge < -0.3 is 10.4 Å². The van der Waals surface area contributed by atoms with Gasteiger partial charge in [-0.25, -0.2) is 0 Å². The molecule has 110 valence electrons. The molecule has 1 saturated heterocycles. The lowest BCUT2D eigenvalue weighted by Gasteiger charge is -2.03. The van der Waals surface area contributed by atoms with E-state index in [0.29, 0.717) is 5.17 Å². The minimum atomic E-state index is -0.288. The topological polar surface area (TPSA) is 74.0 Å². The fraction of sp³-hybridized carbons (Fsp3) is 0.0625. The maximum Gasteiger partial charge on any atom is 0.244 e. The van der Waals surface area contributed by atoms with Crippen LogP contribution in [0.4, 0.5) is 0 Å². The summed E-state index contributed by atoms with van der Waals surface area (Å²) in [7, 11) is 0. The summed E-state index contributed by atoms with van der Waals surface area (Å²) >= 11 is 1.35. The summed E-state index contributed by atoms with van der Waals surface area (Å²) in [4.78, 5) is 12.0. The molecular formula is C16H13N3O2S. The predicted octanol–water partition coefficient (Wildman–Crippen LogP) is 2.69. The molecule has 0 spiro atoms. The molecule has 1 aliphatic rings. The Hall–Kier alpha value is -2.60. The van der Waals surface area contributed by atoms with Gasteiger partial charge in [0.25, 0.3) is 0 Å². The van der Waals surface area contributed by atoms with E-state index in [1.807, 2.05) is 30.3 Å². The van der Waals surface area contributed by atoms with Crippen LogP contribution < -0.4 is 5.32 Å². The number of nitrogens with one attached hydrogen (secondary N) is 1. The second kappa shape index (κ2) is 6.44. The number of amides is 1. The molecule has 0 aromatic heterocycles. The number of carbonyl (C=O) groups excluding carboxylic acids is 1. The van der Waals surface area contributed by atoms with E-state index >= 15 is 0 Å². The average molecular weight is 311 g/mol. The van der Waals surface area contributed by atoms with Crippen LogP contribution >= 0.6 is 11.8 Å². The van der Waals surface area contributed by atoms with E-state index in [9.17, 15) is 9.90 Å². The van der Waals surface area contributed by atoms with Gasteiger partial charge in [-0.15, -0.1) is 5.10 Å². The molecule has 6 heteroatoms. The van der Waals surface area contributed by atoms with Crippen molar-refractivity contribution in [1.29, 1.82) is 0 Å². The lowest BCUT2D eigenvalue weighted by Crippen LogP contribution is -2.21. The maximum atomic E-state index is 12.0. The van der Waals surface area contributed by atoms with Crippen molar-refractivity contribution < 1.29 is 9.90 Å². The summed E-state index contributed by atoms with van der Waals surface area (Å²) in [6.45, 7) is 0. The number of thioether (sulfide) groups is 1. The molecule has 2 aromatic rings. The molecule has 0 bridgehead atoms. The van der Waals surface area contributed by atoms with Crippen molar-refractivity contribution in [2.75, 3.05) is 0 Å². The molecule has 2 N–H and O–H groups in total. The largest absolute Gasteiger partial charge is 0.508 e. The van der Waals surface area contributed by atoms with Gasteiger partial charge in [0.1, 0.15) is 11.0 Å².